The third-order valence-electron chi connectivity index (χ3n) is 2.39. The van der Waals surface area contributed by atoms with Crippen molar-refractivity contribution in [2.24, 2.45) is 0 Å². The van der Waals surface area contributed by atoms with Gasteiger partial charge in [-0.2, -0.15) is 0 Å². The van der Waals surface area contributed by atoms with E-state index in [1.54, 1.807) is 10.7 Å². The fourth-order valence-corrected chi connectivity index (χ4v) is 1.73. The van der Waals surface area contributed by atoms with Crippen LogP contribution in [-0.4, -0.2) is 20.9 Å². The maximum Gasteiger partial charge on any atom is 0.123 e. The van der Waals surface area contributed by atoms with E-state index in [4.69, 9.17) is 11.6 Å². The largest absolute Gasteiger partial charge is 0.248 e. The highest BCUT2D eigenvalue weighted by Gasteiger charge is 2.02. The number of halogens is 2. The van der Waals surface area contributed by atoms with Gasteiger partial charge < -0.3 is 0 Å². The second kappa shape index (κ2) is 5.77. The molecule has 3 nitrogen and oxygen atoms in total. The minimum Gasteiger partial charge on any atom is -0.248 e. The molecule has 0 bridgehead atoms. The lowest BCUT2D eigenvalue weighted by atomic mass is 10.2. The van der Waals surface area contributed by atoms with Crippen LogP contribution in [0.25, 0.3) is 0 Å². The topological polar surface area (TPSA) is 30.7 Å². The smallest absolute Gasteiger partial charge is 0.123 e. The van der Waals surface area contributed by atoms with Crippen LogP contribution >= 0.6 is 11.6 Å². The van der Waals surface area contributed by atoms with Crippen molar-refractivity contribution < 1.29 is 4.39 Å². The number of rotatable bonds is 5. The van der Waals surface area contributed by atoms with Crippen LogP contribution in [0.1, 0.15) is 17.7 Å². The maximum absolute atomic E-state index is 13.0. The van der Waals surface area contributed by atoms with Crippen molar-refractivity contribution in [2.45, 2.75) is 19.4 Å². The van der Waals surface area contributed by atoms with Gasteiger partial charge in [0, 0.05) is 12.1 Å². The number of aryl methyl sites for hydroxylation is 1. The predicted molar refractivity (Wildman–Crippen MR) is 64.6 cm³/mol. The number of hydrogen-bond donors (Lipinski definition) is 0. The molecule has 0 aliphatic carbocycles. The molecule has 17 heavy (non-hydrogen) atoms. The van der Waals surface area contributed by atoms with Crippen molar-refractivity contribution in [3.05, 3.63) is 47.5 Å². The summed E-state index contributed by atoms with van der Waals surface area (Å²) in [4.78, 5) is 0. The molecule has 0 saturated carbocycles. The van der Waals surface area contributed by atoms with Gasteiger partial charge in [-0.3, -0.25) is 0 Å². The molecule has 2 aromatic rings. The Balaban J connectivity index is 2.01. The van der Waals surface area contributed by atoms with E-state index in [0.717, 1.165) is 24.1 Å². The quantitative estimate of drug-likeness (QED) is 0.767. The molecular formula is C12H13ClFN3. The number of nitrogens with zero attached hydrogens (tertiary/aromatic N) is 3. The van der Waals surface area contributed by atoms with Crippen molar-refractivity contribution >= 4 is 11.6 Å². The summed E-state index contributed by atoms with van der Waals surface area (Å²) >= 11 is 5.61. The highest BCUT2D eigenvalue weighted by molar-refractivity contribution is 6.17. The van der Waals surface area contributed by atoms with E-state index in [9.17, 15) is 4.39 Å². The Morgan fingerprint density at radius 3 is 3.00 bits per heavy atom. The maximum atomic E-state index is 13.0. The highest BCUT2D eigenvalue weighted by atomic mass is 35.5. The molecule has 5 heteroatoms. The zero-order chi connectivity index (χ0) is 12.1. The van der Waals surface area contributed by atoms with Gasteiger partial charge in [0.1, 0.15) is 5.82 Å². The van der Waals surface area contributed by atoms with Crippen molar-refractivity contribution in [3.8, 4) is 0 Å². The van der Waals surface area contributed by atoms with Crippen molar-refractivity contribution in [1.82, 2.24) is 15.0 Å². The molecule has 0 radical (unpaired) electrons. The number of alkyl halides is 1. The van der Waals surface area contributed by atoms with E-state index >= 15 is 0 Å². The summed E-state index contributed by atoms with van der Waals surface area (Å²) in [6, 6.07) is 6.48. The zero-order valence-electron chi connectivity index (χ0n) is 9.31. The first-order chi connectivity index (χ1) is 8.28. The SMILES string of the molecule is Fc1cccc(Cn2cc(CCCCl)nn2)c1. The molecule has 0 aliphatic rings. The fourth-order valence-electron chi connectivity index (χ4n) is 1.60. The average molecular weight is 254 g/mol. The fraction of sp³-hybridized carbons (Fsp3) is 0.333. The zero-order valence-corrected chi connectivity index (χ0v) is 10.1. The molecule has 90 valence electrons. The third kappa shape index (κ3) is 3.53. The lowest BCUT2D eigenvalue weighted by molar-refractivity contribution is 0.614. The Hall–Kier alpha value is -1.42. The van der Waals surface area contributed by atoms with E-state index in [1.807, 2.05) is 12.3 Å². The molecule has 1 aromatic carbocycles. The van der Waals surface area contributed by atoms with E-state index in [-0.39, 0.29) is 5.82 Å². The molecule has 0 aliphatic heterocycles. The number of hydrogen-bond acceptors (Lipinski definition) is 2. The molecule has 0 atom stereocenters. The van der Waals surface area contributed by atoms with E-state index in [0.29, 0.717) is 12.4 Å². The monoisotopic (exact) mass is 253 g/mol. The Morgan fingerprint density at radius 1 is 1.35 bits per heavy atom. The molecule has 0 spiro atoms. The molecule has 1 aromatic heterocycles. The first-order valence-corrected chi connectivity index (χ1v) is 6.01. The first-order valence-electron chi connectivity index (χ1n) is 5.47. The van der Waals surface area contributed by atoms with Crippen LogP contribution in [0.5, 0.6) is 0 Å². The minimum atomic E-state index is -0.232. The van der Waals surface area contributed by atoms with Gasteiger partial charge in [-0.1, -0.05) is 17.3 Å². The van der Waals surface area contributed by atoms with Crippen molar-refractivity contribution in [3.63, 3.8) is 0 Å². The van der Waals surface area contributed by atoms with Crippen LogP contribution in [0.4, 0.5) is 4.39 Å². The van der Waals surface area contributed by atoms with Gasteiger partial charge in [0.2, 0.25) is 0 Å². The minimum absolute atomic E-state index is 0.232. The summed E-state index contributed by atoms with van der Waals surface area (Å²) in [5, 5.41) is 8.03. The summed E-state index contributed by atoms with van der Waals surface area (Å²) in [6.07, 6.45) is 3.59. The lowest BCUT2D eigenvalue weighted by Gasteiger charge is -2.00. The second-order valence-electron chi connectivity index (χ2n) is 3.83. The predicted octanol–water partition coefficient (Wildman–Crippen LogP) is 2.64. The molecule has 0 fully saturated rings. The van der Waals surface area contributed by atoms with Gasteiger partial charge in [-0.05, 0) is 30.5 Å². The van der Waals surface area contributed by atoms with Gasteiger partial charge >= 0.3 is 0 Å². The van der Waals surface area contributed by atoms with Gasteiger partial charge in [0.15, 0.2) is 0 Å². The number of benzene rings is 1. The summed E-state index contributed by atoms with van der Waals surface area (Å²) < 4.78 is 14.7. The van der Waals surface area contributed by atoms with E-state index in [2.05, 4.69) is 10.3 Å². The van der Waals surface area contributed by atoms with Crippen molar-refractivity contribution in [1.29, 1.82) is 0 Å². The molecule has 0 unspecified atom stereocenters. The van der Waals surface area contributed by atoms with Crippen LogP contribution in [-0.2, 0) is 13.0 Å². The molecular weight excluding hydrogens is 241 g/mol. The standard InChI is InChI=1S/C12H13ClFN3/c13-6-2-5-12-9-17(16-15-12)8-10-3-1-4-11(14)7-10/h1,3-4,7,9H,2,5-6,8H2. The Labute approximate surface area is 104 Å². The summed E-state index contributed by atoms with van der Waals surface area (Å²) in [6.45, 7) is 0.533. The first kappa shape index (κ1) is 12.0. The van der Waals surface area contributed by atoms with Gasteiger partial charge in [0.25, 0.3) is 0 Å². The second-order valence-corrected chi connectivity index (χ2v) is 4.21. The molecule has 1 heterocycles. The lowest BCUT2D eigenvalue weighted by Crippen LogP contribution is -2.00. The van der Waals surface area contributed by atoms with Crippen LogP contribution < -0.4 is 0 Å². The summed E-state index contributed by atoms with van der Waals surface area (Å²) in [5.74, 6) is 0.390. The van der Waals surface area contributed by atoms with Crippen LogP contribution in [0.2, 0.25) is 0 Å². The molecule has 2 rings (SSSR count). The van der Waals surface area contributed by atoms with Gasteiger partial charge in [0.05, 0.1) is 12.2 Å². The molecule has 0 N–H and O–H groups in total. The van der Waals surface area contributed by atoms with E-state index in [1.165, 1.54) is 12.1 Å². The highest BCUT2D eigenvalue weighted by Crippen LogP contribution is 2.06. The summed E-state index contributed by atoms with van der Waals surface area (Å²) in [5.41, 5.74) is 1.79. The Morgan fingerprint density at radius 2 is 2.24 bits per heavy atom. The summed E-state index contributed by atoms with van der Waals surface area (Å²) in [7, 11) is 0. The molecule has 0 saturated heterocycles. The van der Waals surface area contributed by atoms with Crippen LogP contribution in [0.15, 0.2) is 30.5 Å². The third-order valence-corrected chi connectivity index (χ3v) is 2.65. The Kier molecular flexibility index (Phi) is 4.09. The average Bonchev–Trinajstić information content (AvgIpc) is 2.74. The Bertz CT molecular complexity index is 484. The van der Waals surface area contributed by atoms with Crippen LogP contribution in [0, 0.1) is 5.82 Å². The van der Waals surface area contributed by atoms with Crippen molar-refractivity contribution in [2.75, 3.05) is 5.88 Å². The number of aromatic nitrogens is 3. The molecule has 0 amide bonds. The van der Waals surface area contributed by atoms with Gasteiger partial charge in [-0.15, -0.1) is 16.7 Å². The van der Waals surface area contributed by atoms with Gasteiger partial charge in [-0.25, -0.2) is 9.07 Å². The normalized spacial score (nSPS) is 10.7. The van der Waals surface area contributed by atoms with E-state index < -0.39 is 0 Å². The van der Waals surface area contributed by atoms with Crippen LogP contribution in [0.3, 0.4) is 0 Å².